The SMILES string of the molecule is N=N/C(=N\Nc1ccccc1)c1ccc(C(=O)O)cc1. The van der Waals surface area contributed by atoms with E-state index in [0.29, 0.717) is 5.56 Å². The fourth-order valence-electron chi connectivity index (χ4n) is 1.55. The summed E-state index contributed by atoms with van der Waals surface area (Å²) in [6.45, 7) is 0. The Bertz CT molecular complexity index is 636. The quantitative estimate of drug-likeness (QED) is 0.343. The van der Waals surface area contributed by atoms with E-state index in [0.717, 1.165) is 5.69 Å². The fourth-order valence-corrected chi connectivity index (χ4v) is 1.55. The lowest BCUT2D eigenvalue weighted by atomic mass is 10.1. The van der Waals surface area contributed by atoms with Crippen LogP contribution in [0.5, 0.6) is 0 Å². The van der Waals surface area contributed by atoms with E-state index in [9.17, 15) is 4.79 Å². The Morgan fingerprint density at radius 3 is 2.15 bits per heavy atom. The van der Waals surface area contributed by atoms with E-state index in [4.69, 9.17) is 10.6 Å². The van der Waals surface area contributed by atoms with Crippen molar-refractivity contribution in [2.45, 2.75) is 0 Å². The van der Waals surface area contributed by atoms with Gasteiger partial charge in [-0.15, -0.1) is 5.11 Å². The Labute approximate surface area is 115 Å². The number of hydrogen-bond acceptors (Lipinski definition) is 4. The highest BCUT2D eigenvalue weighted by Gasteiger charge is 2.05. The average Bonchev–Trinajstić information content (AvgIpc) is 2.49. The zero-order valence-corrected chi connectivity index (χ0v) is 10.4. The molecule has 2 aromatic rings. The Hall–Kier alpha value is -3.02. The number of para-hydroxylation sites is 1. The van der Waals surface area contributed by atoms with Crippen molar-refractivity contribution in [3.63, 3.8) is 0 Å². The normalized spacial score (nSPS) is 10.9. The summed E-state index contributed by atoms with van der Waals surface area (Å²) in [6, 6.07) is 15.3. The molecule has 0 saturated carbocycles. The molecule has 0 aromatic heterocycles. The third-order valence-corrected chi connectivity index (χ3v) is 2.56. The van der Waals surface area contributed by atoms with Gasteiger partial charge in [0.2, 0.25) is 0 Å². The zero-order chi connectivity index (χ0) is 14.4. The van der Waals surface area contributed by atoms with Crippen molar-refractivity contribution in [1.82, 2.24) is 0 Å². The van der Waals surface area contributed by atoms with Crippen molar-refractivity contribution in [1.29, 1.82) is 5.53 Å². The van der Waals surface area contributed by atoms with Crippen molar-refractivity contribution < 1.29 is 9.90 Å². The maximum absolute atomic E-state index is 10.8. The molecule has 2 rings (SSSR count). The molecule has 6 heteroatoms. The first kappa shape index (κ1) is 13.4. The van der Waals surface area contributed by atoms with Crippen LogP contribution in [0.3, 0.4) is 0 Å². The van der Waals surface area contributed by atoms with E-state index in [-0.39, 0.29) is 11.4 Å². The van der Waals surface area contributed by atoms with Gasteiger partial charge in [0.1, 0.15) is 0 Å². The monoisotopic (exact) mass is 268 g/mol. The minimum atomic E-state index is -1.000. The lowest BCUT2D eigenvalue weighted by Gasteiger charge is -2.03. The topological polar surface area (TPSA) is 97.9 Å². The van der Waals surface area contributed by atoms with E-state index in [1.54, 1.807) is 12.1 Å². The second kappa shape index (κ2) is 6.24. The Morgan fingerprint density at radius 2 is 1.60 bits per heavy atom. The number of carboxylic acids is 1. The molecule has 0 fully saturated rings. The molecule has 100 valence electrons. The van der Waals surface area contributed by atoms with Crippen LogP contribution in [-0.2, 0) is 0 Å². The third kappa shape index (κ3) is 3.26. The number of aromatic carboxylic acids is 1. The molecule has 0 aliphatic rings. The smallest absolute Gasteiger partial charge is 0.335 e. The molecule has 0 bridgehead atoms. The van der Waals surface area contributed by atoms with Gasteiger partial charge in [-0.1, -0.05) is 30.3 Å². The van der Waals surface area contributed by atoms with Gasteiger partial charge in [0.25, 0.3) is 0 Å². The molecule has 0 amide bonds. The van der Waals surface area contributed by atoms with Crippen molar-refractivity contribution in [2.24, 2.45) is 10.2 Å². The number of hydrazone groups is 1. The lowest BCUT2D eigenvalue weighted by molar-refractivity contribution is 0.0697. The maximum Gasteiger partial charge on any atom is 0.335 e. The summed E-state index contributed by atoms with van der Waals surface area (Å²) in [5.41, 5.74) is 11.4. The molecule has 0 aliphatic heterocycles. The van der Waals surface area contributed by atoms with Crippen LogP contribution in [0.2, 0.25) is 0 Å². The Balaban J connectivity index is 2.19. The second-order valence-electron chi connectivity index (χ2n) is 3.91. The highest BCUT2D eigenvalue weighted by Crippen LogP contribution is 2.09. The molecule has 6 nitrogen and oxygen atoms in total. The number of hydrogen-bond donors (Lipinski definition) is 3. The minimum Gasteiger partial charge on any atom is -0.478 e. The third-order valence-electron chi connectivity index (χ3n) is 2.56. The largest absolute Gasteiger partial charge is 0.478 e. The van der Waals surface area contributed by atoms with Crippen LogP contribution in [-0.4, -0.2) is 16.9 Å². The molecule has 0 saturated heterocycles. The van der Waals surface area contributed by atoms with E-state index in [1.807, 2.05) is 30.3 Å². The summed E-state index contributed by atoms with van der Waals surface area (Å²) in [5, 5.41) is 16.2. The second-order valence-corrected chi connectivity index (χ2v) is 3.91. The van der Waals surface area contributed by atoms with Crippen LogP contribution >= 0.6 is 0 Å². The molecular weight excluding hydrogens is 256 g/mol. The van der Waals surface area contributed by atoms with E-state index in [1.165, 1.54) is 12.1 Å². The first-order chi connectivity index (χ1) is 9.70. The Morgan fingerprint density at radius 1 is 1.00 bits per heavy atom. The number of nitrogens with one attached hydrogen (secondary N) is 2. The van der Waals surface area contributed by atoms with Gasteiger partial charge in [-0.3, -0.25) is 5.43 Å². The minimum absolute atomic E-state index is 0.172. The standard InChI is InChI=1S/C14H12N4O2/c15-16-13(18-17-12-4-2-1-3-5-12)10-6-8-11(9-7-10)14(19)20/h1-9,15,17H,(H,19,20)/b16-15?,18-13-. The van der Waals surface area contributed by atoms with E-state index in [2.05, 4.69) is 15.6 Å². The molecule has 0 radical (unpaired) electrons. The summed E-state index contributed by atoms with van der Waals surface area (Å²) in [4.78, 5) is 10.8. The number of nitrogens with zero attached hydrogens (tertiary/aromatic N) is 2. The van der Waals surface area contributed by atoms with Crippen LogP contribution in [0.15, 0.2) is 64.8 Å². The summed E-state index contributed by atoms with van der Waals surface area (Å²) in [7, 11) is 0. The molecule has 0 unspecified atom stereocenters. The van der Waals surface area contributed by atoms with Crippen molar-refractivity contribution in [2.75, 3.05) is 5.43 Å². The van der Waals surface area contributed by atoms with Crippen LogP contribution in [0.4, 0.5) is 5.69 Å². The molecule has 0 spiro atoms. The molecular formula is C14H12N4O2. The number of amidine groups is 1. The molecule has 0 aliphatic carbocycles. The van der Waals surface area contributed by atoms with Gasteiger partial charge in [0.15, 0.2) is 5.84 Å². The zero-order valence-electron chi connectivity index (χ0n) is 10.4. The van der Waals surface area contributed by atoms with Gasteiger partial charge in [0.05, 0.1) is 11.3 Å². The van der Waals surface area contributed by atoms with Crippen LogP contribution in [0.1, 0.15) is 15.9 Å². The molecule has 3 N–H and O–H groups in total. The van der Waals surface area contributed by atoms with Crippen molar-refractivity contribution >= 4 is 17.5 Å². The highest BCUT2D eigenvalue weighted by atomic mass is 16.4. The molecule has 0 heterocycles. The summed E-state index contributed by atoms with van der Waals surface area (Å²) in [5.74, 6) is -0.828. The maximum atomic E-state index is 10.8. The summed E-state index contributed by atoms with van der Waals surface area (Å²) in [6.07, 6.45) is 0. The van der Waals surface area contributed by atoms with Crippen LogP contribution in [0, 0.1) is 5.53 Å². The van der Waals surface area contributed by atoms with E-state index < -0.39 is 5.97 Å². The number of benzene rings is 2. The van der Waals surface area contributed by atoms with Crippen LogP contribution < -0.4 is 5.43 Å². The number of carboxylic acid groups (broad SMARTS) is 1. The molecule has 2 aromatic carbocycles. The Kier molecular flexibility index (Phi) is 4.18. The average molecular weight is 268 g/mol. The molecule has 0 atom stereocenters. The van der Waals surface area contributed by atoms with Crippen molar-refractivity contribution in [3.05, 3.63) is 65.7 Å². The van der Waals surface area contributed by atoms with Gasteiger partial charge in [-0.25, -0.2) is 10.3 Å². The predicted octanol–water partition coefficient (Wildman–Crippen LogP) is 3.19. The predicted molar refractivity (Wildman–Crippen MR) is 75.2 cm³/mol. The number of rotatable bonds is 4. The fraction of sp³-hybridized carbons (Fsp3) is 0. The summed E-state index contributed by atoms with van der Waals surface area (Å²) < 4.78 is 0. The molecule has 20 heavy (non-hydrogen) atoms. The lowest BCUT2D eigenvalue weighted by Crippen LogP contribution is -2.02. The van der Waals surface area contributed by atoms with Gasteiger partial charge >= 0.3 is 5.97 Å². The first-order valence-electron chi connectivity index (χ1n) is 5.80. The number of anilines is 1. The van der Waals surface area contributed by atoms with Gasteiger partial charge in [-0.05, 0) is 24.3 Å². The number of carbonyl (C=O) groups is 1. The highest BCUT2D eigenvalue weighted by molar-refractivity contribution is 6.00. The van der Waals surface area contributed by atoms with Crippen molar-refractivity contribution in [3.8, 4) is 0 Å². The van der Waals surface area contributed by atoms with Crippen LogP contribution in [0.25, 0.3) is 0 Å². The van der Waals surface area contributed by atoms with Gasteiger partial charge < -0.3 is 5.11 Å². The first-order valence-corrected chi connectivity index (χ1v) is 5.80. The van der Waals surface area contributed by atoms with E-state index >= 15 is 0 Å². The summed E-state index contributed by atoms with van der Waals surface area (Å²) >= 11 is 0. The van der Waals surface area contributed by atoms with Gasteiger partial charge in [0, 0.05) is 5.56 Å². The van der Waals surface area contributed by atoms with Gasteiger partial charge in [-0.2, -0.15) is 5.10 Å².